The SMILES string of the molecule is O=C1C(=O)C(Br)C(=O)c2cc3ccccc3cc21. The fourth-order valence-corrected chi connectivity index (χ4v) is 2.59. The van der Waals surface area contributed by atoms with Crippen LogP contribution in [0.2, 0.25) is 0 Å². The molecule has 0 aromatic heterocycles. The number of hydrogen-bond acceptors (Lipinski definition) is 3. The Balaban J connectivity index is 2.36. The summed E-state index contributed by atoms with van der Waals surface area (Å²) < 4.78 is 0. The average Bonchev–Trinajstić information content (AvgIpc) is 2.41. The van der Waals surface area contributed by atoms with Gasteiger partial charge in [-0.1, -0.05) is 40.2 Å². The molecule has 0 saturated heterocycles. The van der Waals surface area contributed by atoms with E-state index < -0.39 is 16.4 Å². The smallest absolute Gasteiger partial charge is 0.231 e. The molecule has 1 aliphatic rings. The molecule has 4 heteroatoms. The largest absolute Gasteiger partial charge is 0.292 e. The molecule has 1 unspecified atom stereocenters. The monoisotopic (exact) mass is 302 g/mol. The van der Waals surface area contributed by atoms with Crippen LogP contribution in [0.5, 0.6) is 0 Å². The molecule has 0 aliphatic heterocycles. The van der Waals surface area contributed by atoms with Crippen molar-refractivity contribution in [1.29, 1.82) is 0 Å². The number of alkyl halides is 1. The number of fused-ring (bicyclic) bond motifs is 2. The Morgan fingerprint density at radius 1 is 0.833 bits per heavy atom. The Labute approximate surface area is 111 Å². The maximum absolute atomic E-state index is 12.0. The van der Waals surface area contributed by atoms with Crippen LogP contribution in [0, 0.1) is 0 Å². The van der Waals surface area contributed by atoms with Gasteiger partial charge in [0.1, 0.15) is 4.83 Å². The maximum Gasteiger partial charge on any atom is 0.231 e. The van der Waals surface area contributed by atoms with Gasteiger partial charge in [0, 0.05) is 11.1 Å². The van der Waals surface area contributed by atoms with Crippen molar-refractivity contribution in [2.75, 3.05) is 0 Å². The molecule has 0 fully saturated rings. The third-order valence-electron chi connectivity index (χ3n) is 3.08. The van der Waals surface area contributed by atoms with Crippen molar-refractivity contribution >= 4 is 44.1 Å². The van der Waals surface area contributed by atoms with Gasteiger partial charge in [-0.25, -0.2) is 0 Å². The molecule has 1 atom stereocenters. The molecule has 2 aromatic rings. The van der Waals surface area contributed by atoms with E-state index in [1.165, 1.54) is 0 Å². The number of carbonyl (C=O) groups excluding carboxylic acids is 3. The van der Waals surface area contributed by atoms with Gasteiger partial charge in [-0.05, 0) is 22.9 Å². The molecule has 0 amide bonds. The van der Waals surface area contributed by atoms with Gasteiger partial charge in [0.05, 0.1) is 0 Å². The van der Waals surface area contributed by atoms with Crippen LogP contribution >= 0.6 is 15.9 Å². The van der Waals surface area contributed by atoms with E-state index in [1.54, 1.807) is 12.1 Å². The summed E-state index contributed by atoms with van der Waals surface area (Å²) in [6.07, 6.45) is 0. The number of hydrogen-bond donors (Lipinski definition) is 0. The first-order chi connectivity index (χ1) is 8.59. The third-order valence-corrected chi connectivity index (χ3v) is 3.91. The Morgan fingerprint density at radius 3 is 2.00 bits per heavy atom. The fourth-order valence-electron chi connectivity index (χ4n) is 2.14. The molecule has 0 N–H and O–H groups in total. The van der Waals surface area contributed by atoms with Crippen molar-refractivity contribution in [3.63, 3.8) is 0 Å². The highest BCUT2D eigenvalue weighted by molar-refractivity contribution is 9.10. The zero-order chi connectivity index (χ0) is 12.9. The van der Waals surface area contributed by atoms with Crippen molar-refractivity contribution in [1.82, 2.24) is 0 Å². The molecule has 0 radical (unpaired) electrons. The van der Waals surface area contributed by atoms with E-state index in [2.05, 4.69) is 15.9 Å². The van der Waals surface area contributed by atoms with Gasteiger partial charge >= 0.3 is 0 Å². The van der Waals surface area contributed by atoms with Gasteiger partial charge in [-0.3, -0.25) is 14.4 Å². The van der Waals surface area contributed by atoms with Gasteiger partial charge in [0.2, 0.25) is 11.6 Å². The zero-order valence-corrected chi connectivity index (χ0v) is 10.7. The predicted molar refractivity (Wildman–Crippen MR) is 70.3 cm³/mol. The van der Waals surface area contributed by atoms with E-state index in [1.807, 2.05) is 24.3 Å². The van der Waals surface area contributed by atoms with Crippen molar-refractivity contribution in [3.05, 3.63) is 47.5 Å². The van der Waals surface area contributed by atoms with Crippen molar-refractivity contribution in [3.8, 4) is 0 Å². The molecule has 0 saturated carbocycles. The molecular formula is C14H7BrO3. The van der Waals surface area contributed by atoms with Crippen molar-refractivity contribution in [2.24, 2.45) is 0 Å². The lowest BCUT2D eigenvalue weighted by molar-refractivity contribution is -0.114. The summed E-state index contributed by atoms with van der Waals surface area (Å²) in [6.45, 7) is 0. The van der Waals surface area contributed by atoms with E-state index >= 15 is 0 Å². The van der Waals surface area contributed by atoms with Gasteiger partial charge in [-0.2, -0.15) is 0 Å². The second kappa shape index (κ2) is 3.85. The average molecular weight is 303 g/mol. The number of rotatable bonds is 0. The first kappa shape index (κ1) is 11.3. The summed E-state index contributed by atoms with van der Waals surface area (Å²) in [6, 6.07) is 10.7. The summed E-state index contributed by atoms with van der Waals surface area (Å²) in [5.41, 5.74) is 0.527. The summed E-state index contributed by atoms with van der Waals surface area (Å²) >= 11 is 2.97. The number of ketones is 3. The standard InChI is InChI=1S/C14H7BrO3/c15-11-12(16)9-5-7-3-1-2-4-8(7)6-10(9)13(17)14(11)18/h1-6,11H. The topological polar surface area (TPSA) is 51.2 Å². The van der Waals surface area contributed by atoms with E-state index in [-0.39, 0.29) is 11.3 Å². The minimum atomic E-state index is -1.04. The normalized spacial score (nSPS) is 19.2. The van der Waals surface area contributed by atoms with Crippen LogP contribution in [0.15, 0.2) is 36.4 Å². The second-order valence-electron chi connectivity index (χ2n) is 4.17. The molecule has 0 heterocycles. The molecule has 1 aliphatic carbocycles. The second-order valence-corrected chi connectivity index (χ2v) is 5.08. The lowest BCUT2D eigenvalue weighted by Gasteiger charge is -2.17. The van der Waals surface area contributed by atoms with E-state index in [4.69, 9.17) is 0 Å². The maximum atomic E-state index is 12.0. The zero-order valence-electron chi connectivity index (χ0n) is 9.14. The lowest BCUT2D eigenvalue weighted by atomic mass is 9.86. The first-order valence-electron chi connectivity index (χ1n) is 5.39. The van der Waals surface area contributed by atoms with Crippen LogP contribution in [0.3, 0.4) is 0 Å². The van der Waals surface area contributed by atoms with E-state index in [0.717, 1.165) is 10.8 Å². The molecule has 88 valence electrons. The van der Waals surface area contributed by atoms with Gasteiger partial charge in [-0.15, -0.1) is 0 Å². The minimum Gasteiger partial charge on any atom is -0.292 e. The van der Waals surface area contributed by atoms with Crippen LogP contribution in [-0.4, -0.2) is 22.2 Å². The third kappa shape index (κ3) is 1.46. The fraction of sp³-hybridized carbons (Fsp3) is 0.0714. The first-order valence-corrected chi connectivity index (χ1v) is 6.31. The highest BCUT2D eigenvalue weighted by Gasteiger charge is 2.38. The highest BCUT2D eigenvalue weighted by Crippen LogP contribution is 2.28. The molecular weight excluding hydrogens is 296 g/mol. The van der Waals surface area contributed by atoms with Crippen LogP contribution in [0.1, 0.15) is 20.7 Å². The quantitative estimate of drug-likeness (QED) is 0.427. The van der Waals surface area contributed by atoms with Crippen LogP contribution < -0.4 is 0 Å². The number of carbonyl (C=O) groups is 3. The van der Waals surface area contributed by atoms with E-state index in [9.17, 15) is 14.4 Å². The van der Waals surface area contributed by atoms with Gasteiger partial charge in [0.25, 0.3) is 0 Å². The van der Waals surface area contributed by atoms with Gasteiger partial charge < -0.3 is 0 Å². The predicted octanol–water partition coefficient (Wildman–Crippen LogP) is 2.55. The number of benzene rings is 2. The van der Waals surface area contributed by atoms with Crippen molar-refractivity contribution < 1.29 is 14.4 Å². The summed E-state index contributed by atoms with van der Waals surface area (Å²) in [5.74, 6) is -1.64. The summed E-state index contributed by atoms with van der Waals surface area (Å²) in [5, 5.41) is 1.73. The van der Waals surface area contributed by atoms with Crippen LogP contribution in [0.25, 0.3) is 10.8 Å². The van der Waals surface area contributed by atoms with E-state index in [0.29, 0.717) is 5.56 Å². The van der Waals surface area contributed by atoms with Crippen molar-refractivity contribution in [2.45, 2.75) is 4.83 Å². The molecule has 18 heavy (non-hydrogen) atoms. The summed E-state index contributed by atoms with van der Waals surface area (Å²) in [4.78, 5) is 34.5. The summed E-state index contributed by atoms with van der Waals surface area (Å²) in [7, 11) is 0. The Morgan fingerprint density at radius 2 is 1.39 bits per heavy atom. The highest BCUT2D eigenvalue weighted by atomic mass is 79.9. The Bertz CT molecular complexity index is 718. The van der Waals surface area contributed by atoms with Crippen LogP contribution in [-0.2, 0) is 4.79 Å². The van der Waals surface area contributed by atoms with Crippen LogP contribution in [0.4, 0.5) is 0 Å². The molecule has 3 rings (SSSR count). The van der Waals surface area contributed by atoms with Gasteiger partial charge in [0.15, 0.2) is 5.78 Å². The molecule has 2 aromatic carbocycles. The lowest BCUT2D eigenvalue weighted by Crippen LogP contribution is -2.37. The molecule has 3 nitrogen and oxygen atoms in total. The number of halogens is 1. The molecule has 0 bridgehead atoms. The minimum absolute atomic E-state index is 0.208. The molecule has 0 spiro atoms. The Hall–Kier alpha value is -1.81. The Kier molecular flexibility index (Phi) is 2.41. The number of Topliss-reactive ketones (excluding diaryl/α,β-unsaturated/α-hetero) is 3.